The van der Waals surface area contributed by atoms with E-state index >= 15 is 0 Å². The van der Waals surface area contributed by atoms with E-state index in [0.29, 0.717) is 18.2 Å². The first-order valence-electron chi connectivity index (χ1n) is 5.60. The van der Waals surface area contributed by atoms with Crippen molar-refractivity contribution in [2.45, 2.75) is 25.8 Å². The topological polar surface area (TPSA) is 65.9 Å². The van der Waals surface area contributed by atoms with E-state index in [2.05, 4.69) is 16.0 Å². The molecule has 1 unspecified atom stereocenters. The smallest absolute Gasteiger partial charge is 0.129 e. The maximum atomic E-state index is 8.85. The van der Waals surface area contributed by atoms with Crippen LogP contribution in [-0.4, -0.2) is 24.1 Å². The molecule has 0 spiro atoms. The van der Waals surface area contributed by atoms with Crippen LogP contribution >= 0.6 is 0 Å². The monoisotopic (exact) mass is 216 g/mol. The SMILES string of the molecule is Cc1nc(N2CCCC2CN)ccc1C#N. The van der Waals surface area contributed by atoms with E-state index in [1.54, 1.807) is 0 Å². The van der Waals surface area contributed by atoms with Crippen LogP contribution in [0.4, 0.5) is 5.82 Å². The Morgan fingerprint density at radius 3 is 3.06 bits per heavy atom. The van der Waals surface area contributed by atoms with Crippen molar-refractivity contribution in [2.24, 2.45) is 5.73 Å². The van der Waals surface area contributed by atoms with E-state index in [-0.39, 0.29) is 0 Å². The van der Waals surface area contributed by atoms with Crippen molar-refractivity contribution >= 4 is 5.82 Å². The highest BCUT2D eigenvalue weighted by atomic mass is 15.2. The molecule has 4 nitrogen and oxygen atoms in total. The summed E-state index contributed by atoms with van der Waals surface area (Å²) in [7, 11) is 0. The number of pyridine rings is 1. The zero-order valence-corrected chi connectivity index (χ0v) is 9.48. The summed E-state index contributed by atoms with van der Waals surface area (Å²) < 4.78 is 0. The summed E-state index contributed by atoms with van der Waals surface area (Å²) in [6.07, 6.45) is 2.31. The molecular weight excluding hydrogens is 200 g/mol. The van der Waals surface area contributed by atoms with Gasteiger partial charge in [0.15, 0.2) is 0 Å². The molecule has 0 saturated carbocycles. The van der Waals surface area contributed by atoms with Crippen LogP contribution in [0.25, 0.3) is 0 Å². The fourth-order valence-corrected chi connectivity index (χ4v) is 2.21. The predicted molar refractivity (Wildman–Crippen MR) is 63.1 cm³/mol. The van der Waals surface area contributed by atoms with E-state index in [9.17, 15) is 0 Å². The molecule has 1 aliphatic heterocycles. The van der Waals surface area contributed by atoms with Crippen LogP contribution in [0.1, 0.15) is 24.1 Å². The first-order valence-corrected chi connectivity index (χ1v) is 5.60. The first kappa shape index (κ1) is 10.9. The third-order valence-corrected chi connectivity index (χ3v) is 3.14. The number of nitrogens with zero attached hydrogens (tertiary/aromatic N) is 3. The van der Waals surface area contributed by atoms with Crippen molar-refractivity contribution in [1.29, 1.82) is 5.26 Å². The van der Waals surface area contributed by atoms with Crippen molar-refractivity contribution in [2.75, 3.05) is 18.0 Å². The molecule has 1 fully saturated rings. The Morgan fingerprint density at radius 2 is 2.44 bits per heavy atom. The third kappa shape index (κ3) is 1.86. The van der Waals surface area contributed by atoms with E-state index < -0.39 is 0 Å². The van der Waals surface area contributed by atoms with Gasteiger partial charge in [-0.15, -0.1) is 0 Å². The number of rotatable bonds is 2. The summed E-state index contributed by atoms with van der Waals surface area (Å²) >= 11 is 0. The summed E-state index contributed by atoms with van der Waals surface area (Å²) in [5, 5.41) is 8.85. The van der Waals surface area contributed by atoms with Crippen molar-refractivity contribution in [3.05, 3.63) is 23.4 Å². The molecule has 0 bridgehead atoms. The zero-order valence-electron chi connectivity index (χ0n) is 9.48. The van der Waals surface area contributed by atoms with Crippen LogP contribution in [0.5, 0.6) is 0 Å². The number of anilines is 1. The molecule has 1 aromatic heterocycles. The highest BCUT2D eigenvalue weighted by Gasteiger charge is 2.24. The molecule has 2 rings (SSSR count). The van der Waals surface area contributed by atoms with Gasteiger partial charge in [-0.2, -0.15) is 5.26 Å². The number of aromatic nitrogens is 1. The molecule has 0 radical (unpaired) electrons. The van der Waals surface area contributed by atoms with Crippen LogP contribution in [0.3, 0.4) is 0 Å². The number of nitriles is 1. The van der Waals surface area contributed by atoms with Crippen LogP contribution in [-0.2, 0) is 0 Å². The highest BCUT2D eigenvalue weighted by Crippen LogP contribution is 2.24. The van der Waals surface area contributed by atoms with E-state index in [4.69, 9.17) is 11.0 Å². The number of nitrogens with two attached hydrogens (primary N) is 1. The molecule has 16 heavy (non-hydrogen) atoms. The summed E-state index contributed by atoms with van der Waals surface area (Å²) in [5.74, 6) is 0.949. The first-order chi connectivity index (χ1) is 7.76. The molecule has 2 N–H and O–H groups in total. The second-order valence-electron chi connectivity index (χ2n) is 4.14. The lowest BCUT2D eigenvalue weighted by atomic mass is 10.2. The molecule has 1 atom stereocenters. The molecule has 1 aromatic rings. The summed E-state index contributed by atoms with van der Waals surface area (Å²) in [6, 6.07) is 6.29. The van der Waals surface area contributed by atoms with Gasteiger partial charge in [-0.05, 0) is 31.9 Å². The van der Waals surface area contributed by atoms with Gasteiger partial charge in [0.25, 0.3) is 0 Å². The number of hydrogen-bond acceptors (Lipinski definition) is 4. The molecular formula is C12H16N4. The Hall–Kier alpha value is -1.60. The minimum Gasteiger partial charge on any atom is -0.352 e. The van der Waals surface area contributed by atoms with Crippen molar-refractivity contribution < 1.29 is 0 Å². The Kier molecular flexibility index (Phi) is 3.07. The Balaban J connectivity index is 2.28. The minimum atomic E-state index is 0.403. The number of aryl methyl sites for hydroxylation is 1. The Morgan fingerprint density at radius 1 is 1.62 bits per heavy atom. The van der Waals surface area contributed by atoms with Gasteiger partial charge in [0, 0.05) is 19.1 Å². The second-order valence-corrected chi connectivity index (χ2v) is 4.14. The van der Waals surface area contributed by atoms with E-state index in [0.717, 1.165) is 24.5 Å². The quantitative estimate of drug-likeness (QED) is 0.806. The van der Waals surface area contributed by atoms with Crippen LogP contribution in [0.2, 0.25) is 0 Å². The largest absolute Gasteiger partial charge is 0.352 e. The average Bonchev–Trinajstić information content (AvgIpc) is 2.77. The lowest BCUT2D eigenvalue weighted by Gasteiger charge is -2.24. The van der Waals surface area contributed by atoms with Gasteiger partial charge in [0.1, 0.15) is 11.9 Å². The fourth-order valence-electron chi connectivity index (χ4n) is 2.21. The Bertz CT molecular complexity index is 422. The van der Waals surface area contributed by atoms with E-state index in [1.807, 2.05) is 19.1 Å². The van der Waals surface area contributed by atoms with Gasteiger partial charge >= 0.3 is 0 Å². The standard InChI is InChI=1S/C12H16N4/c1-9-10(7-13)4-5-12(15-9)16-6-2-3-11(16)8-14/h4-5,11H,2-3,6,8,14H2,1H3. The Labute approximate surface area is 95.7 Å². The second kappa shape index (κ2) is 4.50. The van der Waals surface area contributed by atoms with Crippen LogP contribution < -0.4 is 10.6 Å². The molecule has 1 saturated heterocycles. The summed E-state index contributed by atoms with van der Waals surface area (Å²) in [5.41, 5.74) is 7.17. The fraction of sp³-hybridized carbons (Fsp3) is 0.500. The van der Waals surface area contributed by atoms with Gasteiger partial charge in [-0.1, -0.05) is 0 Å². The molecule has 84 valence electrons. The van der Waals surface area contributed by atoms with Crippen molar-refractivity contribution in [3.8, 4) is 6.07 Å². The molecule has 0 aliphatic carbocycles. The van der Waals surface area contributed by atoms with Crippen LogP contribution in [0, 0.1) is 18.3 Å². The highest BCUT2D eigenvalue weighted by molar-refractivity contribution is 5.46. The maximum Gasteiger partial charge on any atom is 0.129 e. The van der Waals surface area contributed by atoms with Crippen molar-refractivity contribution in [3.63, 3.8) is 0 Å². The van der Waals surface area contributed by atoms with Gasteiger partial charge < -0.3 is 10.6 Å². The van der Waals surface area contributed by atoms with E-state index in [1.165, 1.54) is 6.42 Å². The molecule has 1 aliphatic rings. The normalized spacial score (nSPS) is 19.8. The molecule has 4 heteroatoms. The van der Waals surface area contributed by atoms with Gasteiger partial charge in [0.2, 0.25) is 0 Å². The lowest BCUT2D eigenvalue weighted by Crippen LogP contribution is -2.36. The van der Waals surface area contributed by atoms with Gasteiger partial charge in [-0.25, -0.2) is 4.98 Å². The van der Waals surface area contributed by atoms with Gasteiger partial charge in [0.05, 0.1) is 11.3 Å². The summed E-state index contributed by atoms with van der Waals surface area (Å²) in [6.45, 7) is 3.55. The lowest BCUT2D eigenvalue weighted by molar-refractivity contribution is 0.671. The molecule has 0 amide bonds. The number of hydrogen-bond donors (Lipinski definition) is 1. The maximum absolute atomic E-state index is 8.85. The van der Waals surface area contributed by atoms with Crippen molar-refractivity contribution in [1.82, 2.24) is 4.98 Å². The molecule has 2 heterocycles. The predicted octanol–water partition coefficient (Wildman–Crippen LogP) is 1.19. The average molecular weight is 216 g/mol. The third-order valence-electron chi connectivity index (χ3n) is 3.14. The minimum absolute atomic E-state index is 0.403. The zero-order chi connectivity index (χ0) is 11.5. The summed E-state index contributed by atoms with van der Waals surface area (Å²) in [4.78, 5) is 6.72. The molecule has 0 aromatic carbocycles. The van der Waals surface area contributed by atoms with Crippen LogP contribution in [0.15, 0.2) is 12.1 Å². The van der Waals surface area contributed by atoms with Gasteiger partial charge in [-0.3, -0.25) is 0 Å².